The van der Waals surface area contributed by atoms with Gasteiger partial charge in [-0.2, -0.15) is 11.8 Å². The van der Waals surface area contributed by atoms with Gasteiger partial charge < -0.3 is 15.4 Å². The Morgan fingerprint density at radius 2 is 2.12 bits per heavy atom. The van der Waals surface area contributed by atoms with Crippen LogP contribution in [0.5, 0.6) is 5.88 Å². The number of pyridine rings is 1. The van der Waals surface area contributed by atoms with Crippen LogP contribution in [0.15, 0.2) is 23.3 Å². The van der Waals surface area contributed by atoms with Gasteiger partial charge >= 0.3 is 0 Å². The maximum atomic E-state index is 6.12. The molecule has 0 amide bonds. The van der Waals surface area contributed by atoms with Crippen molar-refractivity contribution in [3.63, 3.8) is 0 Å². The Labute approximate surface area is 178 Å². The highest BCUT2D eigenvalue weighted by Crippen LogP contribution is 2.26. The van der Waals surface area contributed by atoms with Gasteiger partial charge in [-0.3, -0.25) is 0 Å². The number of aliphatic imine (C=N–C) groups is 1. The number of hydrogen-bond acceptors (Lipinski definition) is 4. The van der Waals surface area contributed by atoms with E-state index in [9.17, 15) is 0 Å². The predicted octanol–water partition coefficient (Wildman–Crippen LogP) is 3.97. The number of nitrogens with zero attached hydrogens (tertiary/aromatic N) is 2. The van der Waals surface area contributed by atoms with E-state index in [0.29, 0.717) is 17.9 Å². The molecule has 146 valence electrons. The van der Waals surface area contributed by atoms with Crippen LogP contribution in [-0.4, -0.2) is 41.1 Å². The van der Waals surface area contributed by atoms with Gasteiger partial charge in [0.2, 0.25) is 5.88 Å². The molecule has 1 saturated heterocycles. The summed E-state index contributed by atoms with van der Waals surface area (Å²) in [6.45, 7) is 4.53. The molecule has 0 radical (unpaired) electrons. The molecule has 7 heteroatoms. The molecule has 2 fully saturated rings. The molecular weight excluding hydrogens is 459 g/mol. The highest BCUT2D eigenvalue weighted by molar-refractivity contribution is 14.0. The maximum Gasteiger partial charge on any atom is 0.218 e. The summed E-state index contributed by atoms with van der Waals surface area (Å²) < 4.78 is 6.12. The third kappa shape index (κ3) is 6.79. The fraction of sp³-hybridized carbons (Fsp3) is 0.684. The van der Waals surface area contributed by atoms with Gasteiger partial charge in [0.15, 0.2) is 5.96 Å². The number of halogens is 1. The SMILES string of the molecule is CCNC(=NCc1cccnc1OC1CCCC1)NCC1CCCS1.I. The number of guanidine groups is 1. The Balaban J connectivity index is 0.00000243. The average molecular weight is 490 g/mol. The monoisotopic (exact) mass is 490 g/mol. The Morgan fingerprint density at radius 1 is 1.27 bits per heavy atom. The highest BCUT2D eigenvalue weighted by atomic mass is 127. The van der Waals surface area contributed by atoms with Gasteiger partial charge in [0, 0.05) is 30.1 Å². The van der Waals surface area contributed by atoms with Gasteiger partial charge in [-0.15, -0.1) is 24.0 Å². The molecule has 1 aliphatic heterocycles. The van der Waals surface area contributed by atoms with Gasteiger partial charge in [0.05, 0.1) is 6.54 Å². The molecule has 0 spiro atoms. The van der Waals surface area contributed by atoms with Crippen LogP contribution in [0.4, 0.5) is 0 Å². The molecule has 2 N–H and O–H groups in total. The van der Waals surface area contributed by atoms with Gasteiger partial charge in [-0.05, 0) is 57.3 Å². The van der Waals surface area contributed by atoms with Crippen molar-refractivity contribution in [3.05, 3.63) is 23.9 Å². The lowest BCUT2D eigenvalue weighted by molar-refractivity contribution is 0.199. The minimum Gasteiger partial charge on any atom is -0.474 e. The lowest BCUT2D eigenvalue weighted by Crippen LogP contribution is -2.40. The summed E-state index contributed by atoms with van der Waals surface area (Å²) in [4.78, 5) is 9.18. The molecule has 1 atom stereocenters. The standard InChI is InChI=1S/C19H30N4OS.HI/c1-2-20-19(23-14-17-10-6-12-25-17)22-13-15-7-5-11-21-18(15)24-16-8-3-4-9-16;/h5,7,11,16-17H,2-4,6,8-10,12-14H2,1H3,(H2,20,22,23);1H. The lowest BCUT2D eigenvalue weighted by atomic mass is 10.2. The van der Waals surface area contributed by atoms with Crippen LogP contribution in [-0.2, 0) is 6.54 Å². The van der Waals surface area contributed by atoms with Crippen LogP contribution in [0.2, 0.25) is 0 Å². The number of hydrogen-bond donors (Lipinski definition) is 2. The third-order valence-electron chi connectivity index (χ3n) is 4.70. The molecule has 1 saturated carbocycles. The van der Waals surface area contributed by atoms with Crippen LogP contribution >= 0.6 is 35.7 Å². The Morgan fingerprint density at radius 3 is 2.85 bits per heavy atom. The zero-order valence-corrected chi connectivity index (χ0v) is 18.7. The molecule has 1 aromatic heterocycles. The van der Waals surface area contributed by atoms with E-state index in [-0.39, 0.29) is 24.0 Å². The molecule has 1 aliphatic carbocycles. The summed E-state index contributed by atoms with van der Waals surface area (Å²) >= 11 is 2.06. The van der Waals surface area contributed by atoms with E-state index in [0.717, 1.165) is 43.3 Å². The van der Waals surface area contributed by atoms with Crippen LogP contribution in [0.25, 0.3) is 0 Å². The number of thioether (sulfide) groups is 1. The van der Waals surface area contributed by atoms with Crippen LogP contribution < -0.4 is 15.4 Å². The molecule has 2 heterocycles. The normalized spacial score (nSPS) is 20.7. The first-order chi connectivity index (χ1) is 12.3. The maximum absolute atomic E-state index is 6.12. The van der Waals surface area contributed by atoms with Gasteiger partial charge in [-0.1, -0.05) is 6.07 Å². The fourth-order valence-electron chi connectivity index (χ4n) is 3.34. The Hall–Kier alpha value is -0.700. The van der Waals surface area contributed by atoms with Crippen molar-refractivity contribution in [2.75, 3.05) is 18.8 Å². The van der Waals surface area contributed by atoms with Crippen molar-refractivity contribution in [2.45, 2.75) is 63.3 Å². The first-order valence-electron chi connectivity index (χ1n) is 9.59. The zero-order chi connectivity index (χ0) is 17.3. The molecule has 26 heavy (non-hydrogen) atoms. The van der Waals surface area contributed by atoms with E-state index in [2.05, 4.69) is 40.4 Å². The van der Waals surface area contributed by atoms with Crippen molar-refractivity contribution in [2.24, 2.45) is 4.99 Å². The summed E-state index contributed by atoms with van der Waals surface area (Å²) in [7, 11) is 0. The average Bonchev–Trinajstić information content (AvgIpc) is 3.32. The number of nitrogens with one attached hydrogen (secondary N) is 2. The van der Waals surface area contributed by atoms with Crippen molar-refractivity contribution in [3.8, 4) is 5.88 Å². The molecule has 0 bridgehead atoms. The second kappa shape index (κ2) is 11.9. The first kappa shape index (κ1) is 21.6. The second-order valence-electron chi connectivity index (χ2n) is 6.70. The summed E-state index contributed by atoms with van der Waals surface area (Å²) in [6.07, 6.45) is 9.57. The van der Waals surface area contributed by atoms with Gasteiger partial charge in [-0.25, -0.2) is 9.98 Å². The molecule has 1 unspecified atom stereocenters. The van der Waals surface area contributed by atoms with E-state index in [4.69, 9.17) is 9.73 Å². The summed E-state index contributed by atoms with van der Waals surface area (Å²) in [6, 6.07) is 4.03. The van der Waals surface area contributed by atoms with Crippen molar-refractivity contribution in [1.82, 2.24) is 15.6 Å². The van der Waals surface area contributed by atoms with Gasteiger partial charge in [0.25, 0.3) is 0 Å². The molecule has 3 rings (SSSR count). The van der Waals surface area contributed by atoms with E-state index in [1.807, 2.05) is 6.07 Å². The van der Waals surface area contributed by atoms with Gasteiger partial charge in [0.1, 0.15) is 6.10 Å². The van der Waals surface area contributed by atoms with Crippen LogP contribution in [0.3, 0.4) is 0 Å². The Kier molecular flexibility index (Phi) is 9.88. The minimum absolute atomic E-state index is 0. The second-order valence-corrected chi connectivity index (χ2v) is 8.11. The largest absolute Gasteiger partial charge is 0.474 e. The summed E-state index contributed by atoms with van der Waals surface area (Å²) in [5.74, 6) is 2.92. The summed E-state index contributed by atoms with van der Waals surface area (Å²) in [5, 5.41) is 7.53. The smallest absolute Gasteiger partial charge is 0.218 e. The third-order valence-corrected chi connectivity index (χ3v) is 6.10. The molecule has 5 nitrogen and oxygen atoms in total. The topological polar surface area (TPSA) is 58.5 Å². The minimum atomic E-state index is 0. The molecular formula is C19H31IN4OS. The van der Waals surface area contributed by atoms with Crippen molar-refractivity contribution >= 4 is 41.7 Å². The van der Waals surface area contributed by atoms with Crippen molar-refractivity contribution < 1.29 is 4.74 Å². The van der Waals surface area contributed by atoms with E-state index >= 15 is 0 Å². The van der Waals surface area contributed by atoms with Crippen molar-refractivity contribution in [1.29, 1.82) is 0 Å². The fourth-order valence-corrected chi connectivity index (χ4v) is 4.54. The lowest BCUT2D eigenvalue weighted by Gasteiger charge is -2.16. The summed E-state index contributed by atoms with van der Waals surface area (Å²) in [5.41, 5.74) is 1.06. The number of ether oxygens (including phenoxy) is 1. The number of rotatable bonds is 7. The van der Waals surface area contributed by atoms with Crippen LogP contribution in [0, 0.1) is 0 Å². The first-order valence-corrected chi connectivity index (χ1v) is 10.6. The van der Waals surface area contributed by atoms with E-state index in [1.165, 1.54) is 31.4 Å². The van der Waals surface area contributed by atoms with Crippen LogP contribution in [0.1, 0.15) is 51.0 Å². The molecule has 0 aromatic carbocycles. The number of aromatic nitrogens is 1. The quantitative estimate of drug-likeness (QED) is 0.344. The predicted molar refractivity (Wildman–Crippen MR) is 121 cm³/mol. The Bertz CT molecular complexity index is 560. The molecule has 2 aliphatic rings. The van der Waals surface area contributed by atoms with E-state index < -0.39 is 0 Å². The zero-order valence-electron chi connectivity index (χ0n) is 15.6. The molecule has 1 aromatic rings. The van der Waals surface area contributed by atoms with E-state index in [1.54, 1.807) is 6.20 Å². The highest BCUT2D eigenvalue weighted by Gasteiger charge is 2.19.